The van der Waals surface area contributed by atoms with E-state index in [2.05, 4.69) is 12.2 Å². The number of nitrogens with zero attached hydrogens (tertiary/aromatic N) is 1. The fourth-order valence-corrected chi connectivity index (χ4v) is 2.97. The summed E-state index contributed by atoms with van der Waals surface area (Å²) in [5, 5.41) is 3.19. The average molecular weight is 253 g/mol. The Morgan fingerprint density at radius 1 is 1.28 bits per heavy atom. The van der Waals surface area contributed by atoms with Crippen molar-refractivity contribution in [1.29, 1.82) is 0 Å². The molecule has 0 aromatic heterocycles. The highest BCUT2D eigenvalue weighted by atomic mass is 16.2. The van der Waals surface area contributed by atoms with Gasteiger partial charge in [-0.15, -0.1) is 0 Å². The first-order valence-electron chi connectivity index (χ1n) is 7.38. The van der Waals surface area contributed by atoms with Crippen LogP contribution in [0.2, 0.25) is 0 Å². The van der Waals surface area contributed by atoms with E-state index in [1.54, 1.807) is 0 Å². The van der Waals surface area contributed by atoms with Gasteiger partial charge in [-0.2, -0.15) is 0 Å². The average Bonchev–Trinajstić information content (AvgIpc) is 2.40. The van der Waals surface area contributed by atoms with E-state index in [4.69, 9.17) is 5.73 Å². The number of hydrogen-bond acceptors (Lipinski definition) is 2. The van der Waals surface area contributed by atoms with Crippen LogP contribution in [0.15, 0.2) is 0 Å². The van der Waals surface area contributed by atoms with Crippen molar-refractivity contribution in [1.82, 2.24) is 10.2 Å². The van der Waals surface area contributed by atoms with Gasteiger partial charge < -0.3 is 16.0 Å². The molecule has 0 unspecified atom stereocenters. The molecule has 2 fully saturated rings. The second-order valence-electron chi connectivity index (χ2n) is 6.29. The van der Waals surface area contributed by atoms with Gasteiger partial charge in [0.2, 0.25) is 0 Å². The standard InChI is InChI=1S/C14H27N3O/c1-14(11-15)7-9-17(10-8-14)13(18)16-12-5-3-2-4-6-12/h12H,2-11,15H2,1H3,(H,16,18). The maximum atomic E-state index is 12.1. The second kappa shape index (κ2) is 5.91. The zero-order chi connectivity index (χ0) is 13.0. The van der Waals surface area contributed by atoms with Gasteiger partial charge in [0.25, 0.3) is 0 Å². The summed E-state index contributed by atoms with van der Waals surface area (Å²) < 4.78 is 0. The molecule has 2 aliphatic rings. The van der Waals surface area contributed by atoms with Crippen LogP contribution in [0.3, 0.4) is 0 Å². The number of hydrogen-bond donors (Lipinski definition) is 2. The largest absolute Gasteiger partial charge is 0.335 e. The molecule has 3 N–H and O–H groups in total. The van der Waals surface area contributed by atoms with Crippen LogP contribution in [-0.2, 0) is 0 Å². The fraction of sp³-hybridized carbons (Fsp3) is 0.929. The Kier molecular flexibility index (Phi) is 4.49. The molecule has 1 saturated heterocycles. The fourth-order valence-electron chi connectivity index (χ4n) is 2.97. The first-order chi connectivity index (χ1) is 8.63. The summed E-state index contributed by atoms with van der Waals surface area (Å²) in [7, 11) is 0. The van der Waals surface area contributed by atoms with Crippen LogP contribution >= 0.6 is 0 Å². The number of rotatable bonds is 2. The minimum atomic E-state index is 0.140. The Labute approximate surface area is 110 Å². The highest BCUT2D eigenvalue weighted by Gasteiger charge is 2.31. The van der Waals surface area contributed by atoms with Crippen molar-refractivity contribution < 1.29 is 4.79 Å². The van der Waals surface area contributed by atoms with Crippen LogP contribution < -0.4 is 11.1 Å². The Hall–Kier alpha value is -0.770. The smallest absolute Gasteiger partial charge is 0.317 e. The predicted octanol–water partition coefficient (Wildman–Crippen LogP) is 2.09. The number of piperidine rings is 1. The van der Waals surface area contributed by atoms with Gasteiger partial charge in [-0.25, -0.2) is 4.79 Å². The Bertz CT molecular complexity index is 279. The van der Waals surface area contributed by atoms with Crippen molar-refractivity contribution in [2.75, 3.05) is 19.6 Å². The molecule has 1 saturated carbocycles. The lowest BCUT2D eigenvalue weighted by atomic mass is 9.80. The van der Waals surface area contributed by atoms with Crippen LogP contribution in [0, 0.1) is 5.41 Å². The number of nitrogens with two attached hydrogens (primary N) is 1. The predicted molar refractivity (Wildman–Crippen MR) is 73.4 cm³/mol. The number of nitrogens with one attached hydrogen (secondary N) is 1. The quantitative estimate of drug-likeness (QED) is 0.791. The van der Waals surface area contributed by atoms with E-state index in [1.165, 1.54) is 19.3 Å². The SMILES string of the molecule is CC1(CN)CCN(C(=O)NC2CCCCC2)CC1. The topological polar surface area (TPSA) is 58.4 Å². The molecule has 0 bridgehead atoms. The van der Waals surface area contributed by atoms with E-state index in [-0.39, 0.29) is 11.4 Å². The minimum Gasteiger partial charge on any atom is -0.335 e. The number of amides is 2. The maximum absolute atomic E-state index is 12.1. The molecule has 104 valence electrons. The van der Waals surface area contributed by atoms with Crippen molar-refractivity contribution in [3.8, 4) is 0 Å². The van der Waals surface area contributed by atoms with Gasteiger partial charge in [-0.1, -0.05) is 26.2 Å². The summed E-state index contributed by atoms with van der Waals surface area (Å²) in [6, 6.07) is 0.551. The lowest BCUT2D eigenvalue weighted by Crippen LogP contribution is -2.50. The zero-order valence-electron chi connectivity index (χ0n) is 11.6. The molecule has 4 nitrogen and oxygen atoms in total. The number of carbonyl (C=O) groups is 1. The van der Waals surface area contributed by atoms with Crippen LogP contribution in [0.5, 0.6) is 0 Å². The van der Waals surface area contributed by atoms with Crippen molar-refractivity contribution in [2.45, 2.75) is 57.9 Å². The Morgan fingerprint density at radius 3 is 2.44 bits per heavy atom. The summed E-state index contributed by atoms with van der Waals surface area (Å²) in [6.45, 7) is 4.66. The summed E-state index contributed by atoms with van der Waals surface area (Å²) in [6.07, 6.45) is 8.21. The van der Waals surface area contributed by atoms with E-state index < -0.39 is 0 Å². The molecule has 0 spiro atoms. The van der Waals surface area contributed by atoms with Gasteiger partial charge in [-0.3, -0.25) is 0 Å². The van der Waals surface area contributed by atoms with Crippen LogP contribution in [-0.4, -0.2) is 36.6 Å². The van der Waals surface area contributed by atoms with Gasteiger partial charge in [0.05, 0.1) is 0 Å². The van der Waals surface area contributed by atoms with Gasteiger partial charge in [0.15, 0.2) is 0 Å². The highest BCUT2D eigenvalue weighted by molar-refractivity contribution is 5.74. The van der Waals surface area contributed by atoms with Gasteiger partial charge >= 0.3 is 6.03 Å². The summed E-state index contributed by atoms with van der Waals surface area (Å²) in [5.41, 5.74) is 6.03. The van der Waals surface area contributed by atoms with Crippen molar-refractivity contribution in [2.24, 2.45) is 11.1 Å². The minimum absolute atomic E-state index is 0.140. The molecule has 1 aliphatic carbocycles. The molecule has 0 aromatic rings. The first kappa shape index (κ1) is 13.7. The number of carbonyl (C=O) groups excluding carboxylic acids is 1. The Morgan fingerprint density at radius 2 is 1.89 bits per heavy atom. The summed E-state index contributed by atoms with van der Waals surface area (Å²) >= 11 is 0. The van der Waals surface area contributed by atoms with Crippen molar-refractivity contribution >= 4 is 6.03 Å². The normalized spacial score (nSPS) is 24.9. The molecule has 1 aliphatic heterocycles. The molecular formula is C14H27N3O. The molecule has 0 aromatic carbocycles. The number of likely N-dealkylation sites (tertiary alicyclic amines) is 1. The van der Waals surface area contributed by atoms with E-state index in [1.807, 2.05) is 4.90 Å². The van der Waals surface area contributed by atoms with Crippen LogP contribution in [0.25, 0.3) is 0 Å². The molecule has 2 rings (SSSR count). The molecule has 2 amide bonds. The number of urea groups is 1. The lowest BCUT2D eigenvalue weighted by molar-refractivity contribution is 0.130. The molecule has 4 heteroatoms. The molecule has 18 heavy (non-hydrogen) atoms. The van der Waals surface area contributed by atoms with Crippen LogP contribution in [0.1, 0.15) is 51.9 Å². The molecule has 0 atom stereocenters. The molecule has 1 heterocycles. The van der Waals surface area contributed by atoms with E-state index in [0.717, 1.165) is 45.3 Å². The maximum Gasteiger partial charge on any atom is 0.317 e. The molecular weight excluding hydrogens is 226 g/mol. The summed E-state index contributed by atoms with van der Waals surface area (Å²) in [5.74, 6) is 0. The monoisotopic (exact) mass is 253 g/mol. The van der Waals surface area contributed by atoms with Gasteiger partial charge in [0.1, 0.15) is 0 Å². The third-order valence-corrected chi connectivity index (χ3v) is 4.68. The van der Waals surface area contributed by atoms with Gasteiger partial charge in [0, 0.05) is 19.1 Å². The van der Waals surface area contributed by atoms with Crippen molar-refractivity contribution in [3.63, 3.8) is 0 Å². The third-order valence-electron chi connectivity index (χ3n) is 4.68. The van der Waals surface area contributed by atoms with E-state index in [9.17, 15) is 4.79 Å². The third kappa shape index (κ3) is 3.37. The molecule has 0 radical (unpaired) electrons. The first-order valence-corrected chi connectivity index (χ1v) is 7.38. The Balaban J connectivity index is 1.76. The van der Waals surface area contributed by atoms with Gasteiger partial charge in [-0.05, 0) is 37.6 Å². The lowest BCUT2D eigenvalue weighted by Gasteiger charge is -2.39. The highest BCUT2D eigenvalue weighted by Crippen LogP contribution is 2.29. The van der Waals surface area contributed by atoms with Crippen LogP contribution in [0.4, 0.5) is 4.79 Å². The second-order valence-corrected chi connectivity index (χ2v) is 6.29. The van der Waals surface area contributed by atoms with Crippen molar-refractivity contribution in [3.05, 3.63) is 0 Å². The van der Waals surface area contributed by atoms with E-state index in [0.29, 0.717) is 6.04 Å². The summed E-state index contributed by atoms with van der Waals surface area (Å²) in [4.78, 5) is 14.1. The van der Waals surface area contributed by atoms with E-state index >= 15 is 0 Å². The zero-order valence-corrected chi connectivity index (χ0v) is 11.6.